The van der Waals surface area contributed by atoms with E-state index in [0.717, 1.165) is 12.1 Å². The highest BCUT2D eigenvalue weighted by Crippen LogP contribution is 2.41. The molecule has 0 unspecified atom stereocenters. The lowest BCUT2D eigenvalue weighted by atomic mass is 10.1. The van der Waals surface area contributed by atoms with E-state index in [1.54, 1.807) is 0 Å². The molecule has 2 N–H and O–H groups in total. The molecule has 0 heterocycles. The Labute approximate surface area is 116 Å². The van der Waals surface area contributed by atoms with Crippen LogP contribution in [0.4, 0.5) is 11.4 Å². The number of hydrogen-bond acceptors (Lipinski definition) is 7. The van der Waals surface area contributed by atoms with Crippen LogP contribution in [-0.4, -0.2) is 27.9 Å². The summed E-state index contributed by atoms with van der Waals surface area (Å²) in [5, 5.41) is 30.9. The highest BCUT2D eigenvalue weighted by atomic mass is 32.2. The Kier molecular flexibility index (Phi) is 3.23. The van der Waals surface area contributed by atoms with Gasteiger partial charge in [0.1, 0.15) is 5.75 Å². The molecule has 11 heteroatoms. The van der Waals surface area contributed by atoms with Crippen molar-refractivity contribution >= 4 is 32.3 Å². The van der Waals surface area contributed by atoms with Crippen LogP contribution in [0.2, 0.25) is 0 Å². The van der Waals surface area contributed by atoms with Gasteiger partial charge in [-0.05, 0) is 18.2 Å². The van der Waals surface area contributed by atoms with Crippen molar-refractivity contribution in [1.29, 1.82) is 0 Å². The van der Waals surface area contributed by atoms with Crippen LogP contribution in [0, 0.1) is 20.2 Å². The lowest BCUT2D eigenvalue weighted by Crippen LogP contribution is -2.01. The minimum Gasteiger partial charge on any atom is -0.507 e. The Morgan fingerprint density at radius 1 is 1.00 bits per heavy atom. The molecule has 0 aliphatic carbocycles. The minimum atomic E-state index is -4.66. The molecule has 21 heavy (non-hydrogen) atoms. The molecule has 0 aliphatic heterocycles. The highest BCUT2D eigenvalue weighted by Gasteiger charge is 2.30. The van der Waals surface area contributed by atoms with Gasteiger partial charge in [-0.25, -0.2) is 0 Å². The first-order valence-electron chi connectivity index (χ1n) is 5.19. The molecule has 0 atom stereocenters. The molecule has 0 aromatic heterocycles. The summed E-state index contributed by atoms with van der Waals surface area (Å²) in [7, 11) is -4.66. The van der Waals surface area contributed by atoms with E-state index in [1.165, 1.54) is 0 Å². The fraction of sp³-hybridized carbons (Fsp3) is 0. The molecule has 0 fully saturated rings. The van der Waals surface area contributed by atoms with Gasteiger partial charge in [0.25, 0.3) is 10.1 Å². The summed E-state index contributed by atoms with van der Waals surface area (Å²) in [5.74, 6) is -0.621. The van der Waals surface area contributed by atoms with Gasteiger partial charge in [-0.3, -0.25) is 24.8 Å². The SMILES string of the molecule is O=[N+]([O-])c1cc(O)c2ccc(S(=O)(=O)O)cc2c1[N+](=O)[O-]. The summed E-state index contributed by atoms with van der Waals surface area (Å²) >= 11 is 0. The monoisotopic (exact) mass is 314 g/mol. The van der Waals surface area contributed by atoms with Crippen LogP contribution in [0.1, 0.15) is 0 Å². The van der Waals surface area contributed by atoms with E-state index in [9.17, 15) is 33.8 Å². The zero-order valence-corrected chi connectivity index (χ0v) is 10.8. The number of phenols is 1. The number of fused-ring (bicyclic) bond motifs is 1. The van der Waals surface area contributed by atoms with Gasteiger partial charge in [0.05, 0.1) is 26.2 Å². The fourth-order valence-electron chi connectivity index (χ4n) is 1.85. The number of aromatic hydroxyl groups is 1. The number of rotatable bonds is 3. The molecular formula is C10H6N2O8S. The van der Waals surface area contributed by atoms with E-state index >= 15 is 0 Å². The van der Waals surface area contributed by atoms with Gasteiger partial charge in [-0.15, -0.1) is 0 Å². The molecular weight excluding hydrogens is 308 g/mol. The summed E-state index contributed by atoms with van der Waals surface area (Å²) < 4.78 is 31.0. The van der Waals surface area contributed by atoms with Crippen LogP contribution in [0.15, 0.2) is 29.2 Å². The number of nitrogens with zero attached hydrogens (tertiary/aromatic N) is 2. The van der Waals surface area contributed by atoms with Crippen LogP contribution in [0.5, 0.6) is 5.75 Å². The zero-order chi connectivity index (χ0) is 15.9. The molecule has 0 saturated heterocycles. The Morgan fingerprint density at radius 3 is 2.10 bits per heavy atom. The molecule has 0 spiro atoms. The lowest BCUT2D eigenvalue weighted by Gasteiger charge is -2.05. The fourth-order valence-corrected chi connectivity index (χ4v) is 2.35. The van der Waals surface area contributed by atoms with Crippen molar-refractivity contribution in [3.8, 4) is 5.75 Å². The largest absolute Gasteiger partial charge is 0.507 e. The van der Waals surface area contributed by atoms with Gasteiger partial charge in [0.2, 0.25) is 0 Å². The Hall–Kier alpha value is -2.79. The second-order valence-electron chi connectivity index (χ2n) is 3.96. The van der Waals surface area contributed by atoms with Crippen LogP contribution < -0.4 is 0 Å². The normalized spacial score (nSPS) is 11.5. The van der Waals surface area contributed by atoms with E-state index in [4.69, 9.17) is 4.55 Å². The Morgan fingerprint density at radius 2 is 1.62 bits per heavy atom. The van der Waals surface area contributed by atoms with Crippen molar-refractivity contribution in [1.82, 2.24) is 0 Å². The molecule has 2 aromatic rings. The Balaban J connectivity index is 3.03. The molecule has 0 radical (unpaired) electrons. The molecule has 0 amide bonds. The van der Waals surface area contributed by atoms with Crippen molar-refractivity contribution < 1.29 is 27.9 Å². The molecule has 0 saturated carbocycles. The average Bonchev–Trinajstić information content (AvgIpc) is 2.36. The summed E-state index contributed by atoms with van der Waals surface area (Å²) in [4.78, 5) is 19.0. The first kappa shape index (κ1) is 14.6. The highest BCUT2D eigenvalue weighted by molar-refractivity contribution is 7.85. The summed E-state index contributed by atoms with van der Waals surface area (Å²) in [6.45, 7) is 0. The zero-order valence-electron chi connectivity index (χ0n) is 9.96. The summed E-state index contributed by atoms with van der Waals surface area (Å²) in [5.41, 5.74) is -1.96. The maximum Gasteiger partial charge on any atom is 0.354 e. The number of nitro groups is 2. The van der Waals surface area contributed by atoms with Crippen molar-refractivity contribution in [2.45, 2.75) is 4.90 Å². The predicted octanol–water partition coefficient (Wildman–Crippen LogP) is 1.61. The van der Waals surface area contributed by atoms with Crippen molar-refractivity contribution in [2.24, 2.45) is 0 Å². The summed E-state index contributed by atoms with van der Waals surface area (Å²) in [6, 6.07) is 3.21. The van der Waals surface area contributed by atoms with E-state index in [2.05, 4.69) is 0 Å². The number of hydrogen-bond donors (Lipinski definition) is 2. The van der Waals surface area contributed by atoms with E-state index < -0.39 is 47.4 Å². The van der Waals surface area contributed by atoms with E-state index in [0.29, 0.717) is 12.1 Å². The molecule has 2 rings (SSSR count). The molecule has 10 nitrogen and oxygen atoms in total. The molecule has 110 valence electrons. The maximum absolute atomic E-state index is 11.1. The van der Waals surface area contributed by atoms with Crippen LogP contribution in [-0.2, 0) is 10.1 Å². The van der Waals surface area contributed by atoms with Crippen LogP contribution in [0.25, 0.3) is 10.8 Å². The lowest BCUT2D eigenvalue weighted by molar-refractivity contribution is -0.421. The predicted molar refractivity (Wildman–Crippen MR) is 68.7 cm³/mol. The average molecular weight is 314 g/mol. The number of benzene rings is 2. The third kappa shape index (κ3) is 2.46. The van der Waals surface area contributed by atoms with Gasteiger partial charge < -0.3 is 5.11 Å². The van der Waals surface area contributed by atoms with Gasteiger partial charge in [-0.1, -0.05) is 0 Å². The van der Waals surface area contributed by atoms with E-state index in [1.807, 2.05) is 0 Å². The van der Waals surface area contributed by atoms with Gasteiger partial charge in [0.15, 0.2) is 0 Å². The second-order valence-corrected chi connectivity index (χ2v) is 5.38. The molecule has 2 aromatic carbocycles. The first-order chi connectivity index (χ1) is 9.62. The Bertz CT molecular complexity index is 890. The van der Waals surface area contributed by atoms with Gasteiger partial charge >= 0.3 is 11.4 Å². The topological polar surface area (TPSA) is 161 Å². The van der Waals surface area contributed by atoms with Gasteiger partial charge in [-0.2, -0.15) is 8.42 Å². The molecule has 0 aliphatic rings. The van der Waals surface area contributed by atoms with Crippen LogP contribution in [0.3, 0.4) is 0 Å². The quantitative estimate of drug-likeness (QED) is 0.490. The minimum absolute atomic E-state index is 0.153. The van der Waals surface area contributed by atoms with Crippen molar-refractivity contribution in [2.75, 3.05) is 0 Å². The van der Waals surface area contributed by atoms with E-state index in [-0.39, 0.29) is 5.39 Å². The first-order valence-corrected chi connectivity index (χ1v) is 6.63. The summed E-state index contributed by atoms with van der Waals surface area (Å²) in [6.07, 6.45) is 0. The standard InChI is InChI=1S/C10H6N2O8S/c13-9-4-8(11(14)15)10(12(16)17)7-3-5(21(18,19)20)1-2-6(7)9/h1-4,13H,(H,18,19,20). The third-order valence-corrected chi connectivity index (χ3v) is 3.56. The number of nitro benzene ring substituents is 2. The smallest absolute Gasteiger partial charge is 0.354 e. The van der Waals surface area contributed by atoms with Crippen molar-refractivity contribution in [3.63, 3.8) is 0 Å². The van der Waals surface area contributed by atoms with Crippen molar-refractivity contribution in [3.05, 3.63) is 44.5 Å². The van der Waals surface area contributed by atoms with Gasteiger partial charge in [0, 0.05) is 5.39 Å². The maximum atomic E-state index is 11.1. The third-order valence-electron chi connectivity index (χ3n) is 2.72. The number of phenolic OH excluding ortho intramolecular Hbond substituents is 1. The second kappa shape index (κ2) is 4.64. The molecule has 0 bridgehead atoms. The van der Waals surface area contributed by atoms with Crippen LogP contribution >= 0.6 is 0 Å².